The predicted octanol–water partition coefficient (Wildman–Crippen LogP) is 2.64. The summed E-state index contributed by atoms with van der Waals surface area (Å²) < 4.78 is 2.08. The normalized spacial score (nSPS) is 11.6. The van der Waals surface area contributed by atoms with Crippen LogP contribution in [-0.2, 0) is 19.5 Å². The average molecular weight is 375 g/mol. The van der Waals surface area contributed by atoms with E-state index >= 15 is 0 Å². The van der Waals surface area contributed by atoms with Crippen molar-refractivity contribution in [3.8, 4) is 0 Å². The number of aliphatic imine (C=N–C) groups is 1. The van der Waals surface area contributed by atoms with Gasteiger partial charge in [-0.1, -0.05) is 36.8 Å². The van der Waals surface area contributed by atoms with Crippen molar-refractivity contribution >= 4 is 17.7 Å². The van der Waals surface area contributed by atoms with Crippen LogP contribution in [0.4, 0.5) is 0 Å². The number of aryl methyl sites for hydroxylation is 2. The van der Waals surface area contributed by atoms with Gasteiger partial charge in [0.15, 0.2) is 5.96 Å². The van der Waals surface area contributed by atoms with Crippen molar-refractivity contribution in [3.05, 3.63) is 47.5 Å². The van der Waals surface area contributed by atoms with Gasteiger partial charge in [0.2, 0.25) is 0 Å². The quantitative estimate of drug-likeness (QED) is 0.380. The van der Waals surface area contributed by atoms with Crippen LogP contribution in [0.3, 0.4) is 0 Å². The number of rotatable bonds is 10. The zero-order valence-electron chi connectivity index (χ0n) is 16.0. The molecule has 0 aliphatic carbocycles. The van der Waals surface area contributed by atoms with E-state index in [0.717, 1.165) is 50.0 Å². The Kier molecular flexibility index (Phi) is 9.03. The van der Waals surface area contributed by atoms with Gasteiger partial charge in [-0.3, -0.25) is 0 Å². The molecule has 1 aromatic heterocycles. The highest BCUT2D eigenvalue weighted by molar-refractivity contribution is 7.98. The standard InChI is InChI=1S/C19H30N6S/c1-4-18-24-23-15-25(18)12-11-21-19(20-10-5-13-26-3)22-14-17-8-6-16(2)7-9-17/h6-9,15H,4-5,10-14H2,1-3H3,(H2,20,21,22). The molecule has 0 aliphatic rings. The topological polar surface area (TPSA) is 67.1 Å². The molecular formula is C19H30N6S. The largest absolute Gasteiger partial charge is 0.356 e. The molecule has 1 heterocycles. The smallest absolute Gasteiger partial charge is 0.191 e. The summed E-state index contributed by atoms with van der Waals surface area (Å²) in [6.07, 6.45) is 5.93. The van der Waals surface area contributed by atoms with Crippen LogP contribution in [0.5, 0.6) is 0 Å². The lowest BCUT2D eigenvalue weighted by atomic mass is 10.1. The molecule has 7 heteroatoms. The second kappa shape index (κ2) is 11.6. The Hall–Kier alpha value is -2.02. The molecule has 0 atom stereocenters. The Morgan fingerprint density at radius 2 is 1.96 bits per heavy atom. The van der Waals surface area contributed by atoms with Crippen LogP contribution in [0.25, 0.3) is 0 Å². The molecule has 26 heavy (non-hydrogen) atoms. The van der Waals surface area contributed by atoms with Crippen molar-refractivity contribution in [3.63, 3.8) is 0 Å². The Labute approximate surface area is 160 Å². The van der Waals surface area contributed by atoms with Gasteiger partial charge in [-0.05, 0) is 30.9 Å². The van der Waals surface area contributed by atoms with Gasteiger partial charge in [-0.25, -0.2) is 4.99 Å². The van der Waals surface area contributed by atoms with E-state index in [1.807, 2.05) is 11.8 Å². The molecule has 0 amide bonds. The van der Waals surface area contributed by atoms with Gasteiger partial charge in [0, 0.05) is 26.1 Å². The summed E-state index contributed by atoms with van der Waals surface area (Å²) in [6.45, 7) is 7.40. The van der Waals surface area contributed by atoms with Gasteiger partial charge in [-0.15, -0.1) is 10.2 Å². The first-order valence-corrected chi connectivity index (χ1v) is 10.6. The summed E-state index contributed by atoms with van der Waals surface area (Å²) in [5.74, 6) is 3.02. The Bertz CT molecular complexity index is 665. The fraction of sp³-hybridized carbons (Fsp3) is 0.526. The van der Waals surface area contributed by atoms with Crippen molar-refractivity contribution in [1.82, 2.24) is 25.4 Å². The van der Waals surface area contributed by atoms with Gasteiger partial charge in [0.1, 0.15) is 12.2 Å². The molecule has 0 unspecified atom stereocenters. The lowest BCUT2D eigenvalue weighted by molar-refractivity contribution is 0.631. The number of guanidine groups is 1. The van der Waals surface area contributed by atoms with E-state index in [1.165, 1.54) is 11.1 Å². The molecule has 0 radical (unpaired) electrons. The summed E-state index contributed by atoms with van der Waals surface area (Å²) in [4.78, 5) is 4.73. The van der Waals surface area contributed by atoms with Crippen LogP contribution in [0.15, 0.2) is 35.6 Å². The third-order valence-corrected chi connectivity index (χ3v) is 4.71. The molecule has 2 N–H and O–H groups in total. The maximum Gasteiger partial charge on any atom is 0.191 e. The molecule has 0 aliphatic heterocycles. The van der Waals surface area contributed by atoms with Gasteiger partial charge < -0.3 is 15.2 Å². The average Bonchev–Trinajstić information content (AvgIpc) is 3.11. The molecule has 2 aromatic rings. The van der Waals surface area contributed by atoms with E-state index in [4.69, 9.17) is 4.99 Å². The molecule has 0 bridgehead atoms. The summed E-state index contributed by atoms with van der Waals surface area (Å²) in [5, 5.41) is 15.0. The first kappa shape index (κ1) is 20.3. The molecule has 1 aromatic carbocycles. The number of aromatic nitrogens is 3. The van der Waals surface area contributed by atoms with Gasteiger partial charge in [0.25, 0.3) is 0 Å². The van der Waals surface area contributed by atoms with Gasteiger partial charge in [0.05, 0.1) is 6.54 Å². The van der Waals surface area contributed by atoms with Crippen LogP contribution < -0.4 is 10.6 Å². The molecule has 0 fully saturated rings. The zero-order chi connectivity index (χ0) is 18.6. The molecule has 142 valence electrons. The summed E-state index contributed by atoms with van der Waals surface area (Å²) in [6, 6.07) is 8.52. The first-order chi connectivity index (χ1) is 12.7. The fourth-order valence-corrected chi connectivity index (χ4v) is 2.93. The highest BCUT2D eigenvalue weighted by Gasteiger charge is 2.03. The number of hydrogen-bond donors (Lipinski definition) is 2. The summed E-state index contributed by atoms with van der Waals surface area (Å²) in [7, 11) is 0. The Balaban J connectivity index is 1.89. The molecule has 6 nitrogen and oxygen atoms in total. The SMILES string of the molecule is CCc1nncn1CCNC(=NCc1ccc(C)cc1)NCCCSC. The van der Waals surface area contributed by atoms with Crippen LogP contribution in [-0.4, -0.2) is 45.8 Å². The number of hydrogen-bond acceptors (Lipinski definition) is 4. The minimum Gasteiger partial charge on any atom is -0.356 e. The van der Waals surface area contributed by atoms with Crippen molar-refractivity contribution in [2.24, 2.45) is 4.99 Å². The number of benzene rings is 1. The molecule has 0 spiro atoms. The lowest BCUT2D eigenvalue weighted by Gasteiger charge is -2.13. The monoisotopic (exact) mass is 374 g/mol. The van der Waals surface area contributed by atoms with Crippen LogP contribution in [0, 0.1) is 6.92 Å². The van der Waals surface area contributed by atoms with Crippen molar-refractivity contribution in [2.75, 3.05) is 25.1 Å². The van der Waals surface area contributed by atoms with E-state index in [1.54, 1.807) is 6.33 Å². The highest BCUT2D eigenvalue weighted by atomic mass is 32.2. The minimum atomic E-state index is 0.672. The van der Waals surface area contributed by atoms with Crippen molar-refractivity contribution in [2.45, 2.75) is 39.8 Å². The Morgan fingerprint density at radius 3 is 2.69 bits per heavy atom. The fourth-order valence-electron chi connectivity index (χ4n) is 2.50. The third-order valence-electron chi connectivity index (χ3n) is 4.02. The van der Waals surface area contributed by atoms with Crippen LogP contribution in [0.2, 0.25) is 0 Å². The van der Waals surface area contributed by atoms with E-state index < -0.39 is 0 Å². The molecular weight excluding hydrogens is 344 g/mol. The molecule has 2 rings (SSSR count). The number of nitrogens with one attached hydrogen (secondary N) is 2. The number of thioether (sulfide) groups is 1. The van der Waals surface area contributed by atoms with Crippen molar-refractivity contribution < 1.29 is 0 Å². The second-order valence-corrected chi connectivity index (χ2v) is 7.13. The van der Waals surface area contributed by atoms with Crippen molar-refractivity contribution in [1.29, 1.82) is 0 Å². The molecule has 0 saturated heterocycles. The zero-order valence-corrected chi connectivity index (χ0v) is 16.9. The Morgan fingerprint density at radius 1 is 1.19 bits per heavy atom. The number of nitrogens with zero attached hydrogens (tertiary/aromatic N) is 4. The third kappa shape index (κ3) is 7.07. The van der Waals surface area contributed by atoms with E-state index in [-0.39, 0.29) is 0 Å². The predicted molar refractivity (Wildman–Crippen MR) is 111 cm³/mol. The van der Waals surface area contributed by atoms with Gasteiger partial charge >= 0.3 is 0 Å². The maximum atomic E-state index is 4.73. The van der Waals surface area contributed by atoms with E-state index in [0.29, 0.717) is 6.54 Å². The van der Waals surface area contributed by atoms with E-state index in [9.17, 15) is 0 Å². The maximum absolute atomic E-state index is 4.73. The molecule has 0 saturated carbocycles. The van der Waals surface area contributed by atoms with Gasteiger partial charge in [-0.2, -0.15) is 11.8 Å². The van der Waals surface area contributed by atoms with Crippen LogP contribution >= 0.6 is 11.8 Å². The summed E-state index contributed by atoms with van der Waals surface area (Å²) in [5.41, 5.74) is 2.49. The minimum absolute atomic E-state index is 0.672. The second-order valence-electron chi connectivity index (χ2n) is 6.14. The summed E-state index contributed by atoms with van der Waals surface area (Å²) >= 11 is 1.87. The first-order valence-electron chi connectivity index (χ1n) is 9.16. The highest BCUT2D eigenvalue weighted by Crippen LogP contribution is 2.04. The van der Waals surface area contributed by atoms with E-state index in [2.05, 4.69) is 69.8 Å². The van der Waals surface area contributed by atoms with Crippen LogP contribution in [0.1, 0.15) is 30.3 Å². The lowest BCUT2D eigenvalue weighted by Crippen LogP contribution is -2.39.